The number of carboxylic acid groups (broad SMARTS) is 1. The van der Waals surface area contributed by atoms with Crippen molar-refractivity contribution in [3.8, 4) is 0 Å². The van der Waals surface area contributed by atoms with Gasteiger partial charge in [0.2, 0.25) is 0 Å². The zero-order valence-corrected chi connectivity index (χ0v) is 38.3. The van der Waals surface area contributed by atoms with E-state index in [-0.39, 0.29) is 0 Å². The van der Waals surface area contributed by atoms with Gasteiger partial charge in [-0.2, -0.15) is 0 Å². The summed E-state index contributed by atoms with van der Waals surface area (Å²) in [7, 11) is 1.04. The Morgan fingerprint density at radius 2 is 0.444 bits per heavy atom. The van der Waals surface area contributed by atoms with Gasteiger partial charge in [-0.1, -0.05) is 233 Å². The predicted molar refractivity (Wildman–Crippen MR) is 240 cm³/mol. The second-order valence-corrected chi connectivity index (χ2v) is 17.4. The van der Waals surface area contributed by atoms with Crippen molar-refractivity contribution in [1.29, 1.82) is 0 Å². The molecule has 0 saturated heterocycles. The molecule has 326 valence electrons. The van der Waals surface area contributed by atoms with E-state index < -0.39 is 6.16 Å². The normalized spacial score (nSPS) is 11.5. The molecular formula is C50H103NO3. The fourth-order valence-corrected chi connectivity index (χ4v) is 8.41. The highest BCUT2D eigenvalue weighted by Gasteiger charge is 2.25. The molecule has 0 unspecified atom stereocenters. The molecule has 0 aliphatic carbocycles. The lowest BCUT2D eigenvalue weighted by atomic mass is 10.0. The maximum absolute atomic E-state index is 9.03. The monoisotopic (exact) mass is 766 g/mol. The van der Waals surface area contributed by atoms with Gasteiger partial charge in [0, 0.05) is 7.11 Å². The van der Waals surface area contributed by atoms with Crippen molar-refractivity contribution in [3.63, 3.8) is 0 Å². The molecule has 54 heavy (non-hydrogen) atoms. The number of hydrogen-bond acceptors (Lipinski definition) is 3. The van der Waals surface area contributed by atoms with Crippen LogP contribution in [0.2, 0.25) is 0 Å². The summed E-state index contributed by atoms with van der Waals surface area (Å²) >= 11 is 0. The molecule has 0 amide bonds. The Balaban J connectivity index is 0. The van der Waals surface area contributed by atoms with E-state index in [1.54, 1.807) is 0 Å². The van der Waals surface area contributed by atoms with Crippen molar-refractivity contribution in [2.75, 3.05) is 33.3 Å². The van der Waals surface area contributed by atoms with Gasteiger partial charge >= 0.3 is 0 Å². The van der Waals surface area contributed by atoms with Crippen LogP contribution in [0, 0.1) is 0 Å². The lowest BCUT2D eigenvalue weighted by Crippen LogP contribution is -2.50. The minimum Gasteiger partial charge on any atom is -0.553 e. The zero-order chi connectivity index (χ0) is 39.9. The van der Waals surface area contributed by atoms with Crippen molar-refractivity contribution in [2.24, 2.45) is 0 Å². The molecule has 0 aliphatic heterocycles. The van der Waals surface area contributed by atoms with Crippen molar-refractivity contribution in [1.82, 2.24) is 0 Å². The molecule has 4 heteroatoms. The van der Waals surface area contributed by atoms with Crippen LogP contribution >= 0.6 is 0 Å². The second-order valence-electron chi connectivity index (χ2n) is 17.4. The Morgan fingerprint density at radius 1 is 0.315 bits per heavy atom. The first-order valence-electron chi connectivity index (χ1n) is 25.1. The Morgan fingerprint density at radius 3 is 0.574 bits per heavy atom. The summed E-state index contributed by atoms with van der Waals surface area (Å²) in [5.41, 5.74) is 0. The number of carbonyl (C=O) groups is 1. The lowest BCUT2D eigenvalue weighted by molar-refractivity contribution is -0.929. The highest BCUT2D eigenvalue weighted by Crippen LogP contribution is 2.22. The quantitative estimate of drug-likeness (QED) is 0.0353. The molecule has 0 saturated carbocycles. The van der Waals surface area contributed by atoms with E-state index in [0.29, 0.717) is 0 Å². The Kier molecular flexibility index (Phi) is 49.6. The Hall–Kier alpha value is -0.770. The fraction of sp³-hybridized carbons (Fsp3) is 0.980. The van der Waals surface area contributed by atoms with Crippen molar-refractivity contribution < 1.29 is 19.1 Å². The number of unbranched alkanes of at least 4 members (excludes halogenated alkanes) is 36. The molecule has 0 spiro atoms. The molecule has 0 N–H and O–H groups in total. The number of hydrogen-bond donors (Lipinski definition) is 0. The number of carbonyl (C=O) groups excluding carboxylic acids is 1. The number of ether oxygens (including phenoxy) is 1. The molecule has 0 atom stereocenters. The Bertz CT molecular complexity index is 581. The summed E-state index contributed by atoms with van der Waals surface area (Å²) in [5, 5.41) is 9.03. The third-order valence-electron chi connectivity index (χ3n) is 12.1. The van der Waals surface area contributed by atoms with Crippen LogP contribution in [0.4, 0.5) is 4.79 Å². The minimum absolute atomic E-state index is 1.04. The van der Waals surface area contributed by atoms with E-state index in [4.69, 9.17) is 9.90 Å². The number of nitrogens with zero attached hydrogens (tertiary/aromatic N) is 1. The molecule has 0 heterocycles. The smallest absolute Gasteiger partial charge is 0.251 e. The summed E-state index contributed by atoms with van der Waals surface area (Å²) in [6.07, 6.45) is 57.2. The summed E-state index contributed by atoms with van der Waals surface area (Å²) < 4.78 is 5.04. The molecule has 4 nitrogen and oxygen atoms in total. The van der Waals surface area contributed by atoms with E-state index in [9.17, 15) is 0 Å². The van der Waals surface area contributed by atoms with Crippen LogP contribution < -0.4 is 5.11 Å². The van der Waals surface area contributed by atoms with Crippen LogP contribution in [-0.2, 0) is 4.74 Å². The standard InChI is InChI=1S/C48H100N.C2H4O3/c1-5-9-13-17-21-25-29-33-37-41-45-49(46-42-38-34-30-26-22-18-14-10-6-2,47-43-39-35-31-27-23-19-15-11-7-3)48-44-40-36-32-28-24-20-16-12-8-4;1-5-2(3)4/h5-48H2,1-4H3;1H3,(H,3,4)/q+1;/p-1. The first kappa shape index (κ1) is 55.3. The van der Waals surface area contributed by atoms with Crippen molar-refractivity contribution in [3.05, 3.63) is 0 Å². The van der Waals surface area contributed by atoms with Gasteiger partial charge in [-0.25, -0.2) is 0 Å². The summed E-state index contributed by atoms with van der Waals surface area (Å²) in [5.74, 6) is 0. The molecule has 0 aromatic rings. The molecule has 0 rings (SSSR count). The maximum atomic E-state index is 9.03. The molecule has 0 radical (unpaired) electrons. The third-order valence-corrected chi connectivity index (χ3v) is 12.1. The SMILES string of the molecule is CCCCCCCCCCCC[N+](CCCCCCCCCCCC)(CCCCCCCCCCCC)CCCCCCCCCCCC.COC(=O)[O-]. The molecule has 0 bridgehead atoms. The first-order valence-corrected chi connectivity index (χ1v) is 25.1. The lowest BCUT2D eigenvalue weighted by Gasteiger charge is -2.40. The van der Waals surface area contributed by atoms with Gasteiger partial charge < -0.3 is 19.1 Å². The van der Waals surface area contributed by atoms with Gasteiger partial charge in [0.05, 0.1) is 26.2 Å². The largest absolute Gasteiger partial charge is 0.553 e. The van der Waals surface area contributed by atoms with E-state index in [0.717, 1.165) is 7.11 Å². The average molecular weight is 766 g/mol. The summed E-state index contributed by atoms with van der Waals surface area (Å²) in [4.78, 5) is 9.03. The maximum Gasteiger partial charge on any atom is 0.251 e. The molecular weight excluding hydrogens is 663 g/mol. The van der Waals surface area contributed by atoms with Crippen LogP contribution in [0.5, 0.6) is 0 Å². The van der Waals surface area contributed by atoms with Gasteiger partial charge in [0.15, 0.2) is 0 Å². The minimum atomic E-state index is -1.50. The highest BCUT2D eigenvalue weighted by molar-refractivity contribution is 5.53. The van der Waals surface area contributed by atoms with Crippen molar-refractivity contribution >= 4 is 6.16 Å². The van der Waals surface area contributed by atoms with Crippen LogP contribution in [0.15, 0.2) is 0 Å². The van der Waals surface area contributed by atoms with Crippen LogP contribution in [0.25, 0.3) is 0 Å². The van der Waals surface area contributed by atoms with Gasteiger partial charge in [0.25, 0.3) is 6.16 Å². The summed E-state index contributed by atoms with van der Waals surface area (Å²) in [6, 6.07) is 0. The number of quaternary nitrogens is 1. The van der Waals surface area contributed by atoms with E-state index >= 15 is 0 Å². The Labute approximate surface area is 342 Å². The second kappa shape index (κ2) is 48.4. The van der Waals surface area contributed by atoms with Gasteiger partial charge in [-0.05, 0) is 51.4 Å². The van der Waals surface area contributed by atoms with Crippen LogP contribution in [0.3, 0.4) is 0 Å². The molecule has 0 fully saturated rings. The van der Waals surface area contributed by atoms with E-state index in [1.807, 2.05) is 0 Å². The highest BCUT2D eigenvalue weighted by atomic mass is 16.6. The van der Waals surface area contributed by atoms with Gasteiger partial charge in [-0.3, -0.25) is 0 Å². The topological polar surface area (TPSA) is 49.4 Å². The summed E-state index contributed by atoms with van der Waals surface area (Å²) in [6.45, 7) is 15.3. The number of methoxy groups -OCH3 is 1. The van der Waals surface area contributed by atoms with Crippen molar-refractivity contribution in [2.45, 2.75) is 285 Å². The van der Waals surface area contributed by atoms with Crippen LogP contribution in [0.1, 0.15) is 285 Å². The third kappa shape index (κ3) is 45.6. The average Bonchev–Trinajstić information content (AvgIpc) is 3.18. The predicted octanol–water partition coefficient (Wildman–Crippen LogP) is 16.5. The first-order chi connectivity index (χ1) is 26.5. The van der Waals surface area contributed by atoms with Gasteiger partial charge in [-0.15, -0.1) is 0 Å². The zero-order valence-electron chi connectivity index (χ0n) is 38.3. The molecule has 0 aromatic heterocycles. The van der Waals surface area contributed by atoms with E-state index in [1.165, 1.54) is 287 Å². The van der Waals surface area contributed by atoms with Gasteiger partial charge in [0.1, 0.15) is 0 Å². The van der Waals surface area contributed by atoms with E-state index in [2.05, 4.69) is 32.4 Å². The molecule has 0 aliphatic rings. The fourth-order valence-electron chi connectivity index (χ4n) is 8.41. The molecule has 0 aromatic carbocycles. The number of rotatable bonds is 44. The van der Waals surface area contributed by atoms with Crippen LogP contribution in [-0.4, -0.2) is 43.9 Å².